The monoisotopic (exact) mass is 361 g/mol. The Morgan fingerprint density at radius 1 is 1.32 bits per heavy atom. The average Bonchev–Trinajstić information content (AvgIpc) is 3.33. The summed E-state index contributed by atoms with van der Waals surface area (Å²) in [6.07, 6.45) is 2.06. The molecule has 1 fully saturated rings. The molecule has 1 aromatic heterocycles. The summed E-state index contributed by atoms with van der Waals surface area (Å²) in [6, 6.07) is 5.03. The molecule has 0 unspecified atom stereocenters. The quantitative estimate of drug-likeness (QED) is 0.654. The van der Waals surface area contributed by atoms with Crippen LogP contribution in [0.15, 0.2) is 18.2 Å². The lowest BCUT2D eigenvalue weighted by Gasteiger charge is -2.12. The number of benzene rings is 1. The lowest BCUT2D eigenvalue weighted by Crippen LogP contribution is -2.28. The summed E-state index contributed by atoms with van der Waals surface area (Å²) in [7, 11) is 0. The molecule has 0 spiro atoms. The summed E-state index contributed by atoms with van der Waals surface area (Å²) in [5, 5.41) is 15.2. The lowest BCUT2D eigenvalue weighted by atomic mass is 10.1. The zero-order valence-corrected chi connectivity index (χ0v) is 14.8. The first-order chi connectivity index (χ1) is 12.0. The third-order valence-electron chi connectivity index (χ3n) is 4.04. The molecule has 0 aliphatic heterocycles. The topological polar surface area (TPSA) is 98.9 Å². The van der Waals surface area contributed by atoms with Crippen molar-refractivity contribution in [2.24, 2.45) is 0 Å². The van der Waals surface area contributed by atoms with Crippen LogP contribution < -0.4 is 16.0 Å². The SMILES string of the molecule is CCNC(=O)Nc1ccc(C)c(NC(=O)c2c(Cl)n[nH]c2C2CC2)c1. The van der Waals surface area contributed by atoms with E-state index >= 15 is 0 Å². The van der Waals surface area contributed by atoms with E-state index in [0.29, 0.717) is 29.4 Å². The van der Waals surface area contributed by atoms with Crippen molar-refractivity contribution in [1.82, 2.24) is 15.5 Å². The molecule has 1 heterocycles. The van der Waals surface area contributed by atoms with Crippen molar-refractivity contribution in [1.29, 1.82) is 0 Å². The number of nitrogens with one attached hydrogen (secondary N) is 4. The van der Waals surface area contributed by atoms with Crippen LogP contribution in [0.1, 0.15) is 47.3 Å². The van der Waals surface area contributed by atoms with Crippen molar-refractivity contribution in [3.8, 4) is 0 Å². The number of halogens is 1. The van der Waals surface area contributed by atoms with E-state index in [-0.39, 0.29) is 17.1 Å². The first kappa shape index (κ1) is 17.3. The van der Waals surface area contributed by atoms with Crippen molar-refractivity contribution in [2.45, 2.75) is 32.6 Å². The zero-order valence-electron chi connectivity index (χ0n) is 14.1. The minimum Gasteiger partial charge on any atom is -0.338 e. The highest BCUT2D eigenvalue weighted by molar-refractivity contribution is 6.33. The second-order valence-electron chi connectivity index (χ2n) is 6.05. The minimum atomic E-state index is -0.307. The Labute approximate surface area is 150 Å². The van der Waals surface area contributed by atoms with Crippen molar-refractivity contribution in [3.63, 3.8) is 0 Å². The number of hydrogen-bond acceptors (Lipinski definition) is 3. The fraction of sp³-hybridized carbons (Fsp3) is 0.353. The van der Waals surface area contributed by atoms with Crippen molar-refractivity contribution < 1.29 is 9.59 Å². The highest BCUT2D eigenvalue weighted by Crippen LogP contribution is 2.42. The number of aryl methyl sites for hydroxylation is 1. The molecule has 0 bridgehead atoms. The number of carbonyl (C=O) groups excluding carboxylic acids is 2. The van der Waals surface area contributed by atoms with Crippen LogP contribution >= 0.6 is 11.6 Å². The molecule has 8 heteroatoms. The molecule has 4 N–H and O–H groups in total. The van der Waals surface area contributed by atoms with Crippen LogP contribution in [0.3, 0.4) is 0 Å². The van der Waals surface area contributed by atoms with Gasteiger partial charge in [-0.1, -0.05) is 17.7 Å². The van der Waals surface area contributed by atoms with Gasteiger partial charge in [0.2, 0.25) is 0 Å². The molecule has 25 heavy (non-hydrogen) atoms. The predicted molar refractivity (Wildman–Crippen MR) is 97.4 cm³/mol. The molecule has 3 rings (SSSR count). The van der Waals surface area contributed by atoms with E-state index in [2.05, 4.69) is 26.1 Å². The fourth-order valence-electron chi connectivity index (χ4n) is 2.57. The molecule has 1 saturated carbocycles. The summed E-state index contributed by atoms with van der Waals surface area (Å²) in [5.41, 5.74) is 3.26. The second-order valence-corrected chi connectivity index (χ2v) is 6.40. The fourth-order valence-corrected chi connectivity index (χ4v) is 2.80. The Morgan fingerprint density at radius 3 is 2.76 bits per heavy atom. The molecule has 1 aromatic carbocycles. The van der Waals surface area contributed by atoms with E-state index < -0.39 is 0 Å². The van der Waals surface area contributed by atoms with Crippen molar-refractivity contribution >= 4 is 34.9 Å². The maximum Gasteiger partial charge on any atom is 0.319 e. The average molecular weight is 362 g/mol. The number of urea groups is 1. The van der Waals surface area contributed by atoms with Gasteiger partial charge in [-0.05, 0) is 44.4 Å². The number of aromatic amines is 1. The molecule has 1 aliphatic rings. The Kier molecular flexibility index (Phi) is 4.94. The number of hydrogen-bond donors (Lipinski definition) is 4. The van der Waals surface area contributed by atoms with E-state index in [1.807, 2.05) is 19.9 Å². The lowest BCUT2D eigenvalue weighted by molar-refractivity contribution is 0.102. The number of amides is 3. The van der Waals surface area contributed by atoms with Gasteiger partial charge in [0, 0.05) is 23.8 Å². The summed E-state index contributed by atoms with van der Waals surface area (Å²) in [4.78, 5) is 24.3. The van der Waals surface area contributed by atoms with E-state index in [9.17, 15) is 9.59 Å². The first-order valence-electron chi connectivity index (χ1n) is 8.20. The van der Waals surface area contributed by atoms with Gasteiger partial charge in [-0.15, -0.1) is 0 Å². The smallest absolute Gasteiger partial charge is 0.319 e. The van der Waals surface area contributed by atoms with Gasteiger partial charge in [-0.3, -0.25) is 9.89 Å². The largest absolute Gasteiger partial charge is 0.338 e. The number of rotatable bonds is 5. The Balaban J connectivity index is 1.79. The van der Waals surface area contributed by atoms with Gasteiger partial charge in [0.15, 0.2) is 5.15 Å². The van der Waals surface area contributed by atoms with Gasteiger partial charge >= 0.3 is 6.03 Å². The summed E-state index contributed by atoms with van der Waals surface area (Å²) in [6.45, 7) is 4.25. The maximum absolute atomic E-state index is 12.7. The minimum absolute atomic E-state index is 0.175. The van der Waals surface area contributed by atoms with E-state index in [4.69, 9.17) is 11.6 Å². The molecule has 7 nitrogen and oxygen atoms in total. The number of anilines is 2. The Hall–Kier alpha value is -2.54. The zero-order chi connectivity index (χ0) is 18.0. The first-order valence-corrected chi connectivity index (χ1v) is 8.58. The normalized spacial score (nSPS) is 13.4. The number of carbonyl (C=O) groups is 2. The highest BCUT2D eigenvalue weighted by atomic mass is 35.5. The van der Waals surface area contributed by atoms with Crippen LogP contribution in [-0.4, -0.2) is 28.7 Å². The summed E-state index contributed by atoms with van der Waals surface area (Å²) in [5.74, 6) is 0.0199. The molecule has 0 radical (unpaired) electrons. The van der Waals surface area contributed by atoms with Gasteiger partial charge in [-0.2, -0.15) is 5.10 Å². The number of nitrogens with zero attached hydrogens (tertiary/aromatic N) is 1. The molecule has 1 aliphatic carbocycles. The Morgan fingerprint density at radius 2 is 2.08 bits per heavy atom. The molecule has 132 valence electrons. The summed E-state index contributed by atoms with van der Waals surface area (Å²) < 4.78 is 0. The van der Waals surface area contributed by atoms with E-state index in [0.717, 1.165) is 24.1 Å². The van der Waals surface area contributed by atoms with E-state index in [1.54, 1.807) is 12.1 Å². The molecule has 2 aromatic rings. The van der Waals surface area contributed by atoms with Crippen LogP contribution in [0, 0.1) is 6.92 Å². The maximum atomic E-state index is 12.7. The van der Waals surface area contributed by atoms with Crippen molar-refractivity contribution in [3.05, 3.63) is 40.2 Å². The summed E-state index contributed by atoms with van der Waals surface area (Å²) >= 11 is 6.08. The third-order valence-corrected chi connectivity index (χ3v) is 4.32. The number of H-pyrrole nitrogens is 1. The van der Waals surface area contributed by atoms with Crippen molar-refractivity contribution in [2.75, 3.05) is 17.2 Å². The van der Waals surface area contributed by atoms with Crippen LogP contribution in [0.4, 0.5) is 16.2 Å². The molecule has 0 saturated heterocycles. The second kappa shape index (κ2) is 7.14. The van der Waals surface area contributed by atoms with Crippen LogP contribution in [0.2, 0.25) is 5.15 Å². The van der Waals surface area contributed by atoms with Gasteiger partial charge < -0.3 is 16.0 Å². The number of aromatic nitrogens is 2. The van der Waals surface area contributed by atoms with Gasteiger partial charge in [-0.25, -0.2) is 4.79 Å². The van der Waals surface area contributed by atoms with E-state index in [1.165, 1.54) is 0 Å². The molecular weight excluding hydrogens is 342 g/mol. The van der Waals surface area contributed by atoms with Crippen LogP contribution in [-0.2, 0) is 0 Å². The highest BCUT2D eigenvalue weighted by Gasteiger charge is 2.32. The van der Waals surface area contributed by atoms with Gasteiger partial charge in [0.05, 0.1) is 11.3 Å². The van der Waals surface area contributed by atoms with Gasteiger partial charge in [0.25, 0.3) is 5.91 Å². The van der Waals surface area contributed by atoms with Crippen LogP contribution in [0.5, 0.6) is 0 Å². The standard InChI is InChI=1S/C17H20ClN5O2/c1-3-19-17(25)20-11-7-4-9(2)12(8-11)21-16(24)13-14(10-5-6-10)22-23-15(13)18/h4,7-8,10H,3,5-6H2,1-2H3,(H,21,24)(H,22,23)(H2,19,20,25). The van der Waals surface area contributed by atoms with Crippen LogP contribution in [0.25, 0.3) is 0 Å². The predicted octanol–water partition coefficient (Wildman–Crippen LogP) is 3.64. The van der Waals surface area contributed by atoms with Gasteiger partial charge in [0.1, 0.15) is 0 Å². The molecule has 3 amide bonds. The third kappa shape index (κ3) is 3.93. The Bertz CT molecular complexity index is 813. The molecular formula is C17H20ClN5O2. The molecule has 0 atom stereocenters.